The molecule has 0 aliphatic carbocycles. The SMILES string of the molecule is CC(C)(C)c1ccc(/C(N)=N\OC(=O)Nc2csc(-c3cccc(Cl)c3Cl)n2)cc1. The molecule has 0 atom stereocenters. The number of oxime groups is 1. The number of thiazole rings is 1. The summed E-state index contributed by atoms with van der Waals surface area (Å²) < 4.78 is 0. The van der Waals surface area contributed by atoms with Crippen LogP contribution in [0.5, 0.6) is 0 Å². The van der Waals surface area contributed by atoms with Gasteiger partial charge in [-0.15, -0.1) is 11.3 Å². The summed E-state index contributed by atoms with van der Waals surface area (Å²) >= 11 is 13.6. The molecule has 3 aromatic rings. The van der Waals surface area contributed by atoms with E-state index >= 15 is 0 Å². The van der Waals surface area contributed by atoms with E-state index in [0.29, 0.717) is 32.0 Å². The zero-order valence-electron chi connectivity index (χ0n) is 16.6. The number of hydrogen-bond acceptors (Lipinski definition) is 5. The van der Waals surface area contributed by atoms with E-state index in [1.165, 1.54) is 11.3 Å². The molecular formula is C21H20Cl2N4O2S. The van der Waals surface area contributed by atoms with Gasteiger partial charge in [-0.2, -0.15) is 0 Å². The van der Waals surface area contributed by atoms with Crippen LogP contribution in [0, 0.1) is 0 Å². The van der Waals surface area contributed by atoms with Crippen molar-refractivity contribution in [3.8, 4) is 10.6 Å². The number of benzene rings is 2. The standard InChI is InChI=1S/C21H20Cl2N4O2S/c1-21(2,3)13-9-7-12(8-10-13)18(24)27-29-20(28)26-16-11-30-19(25-16)14-5-4-6-15(22)17(14)23/h4-11H,1-3H3,(H2,24,27)(H,26,28). The largest absolute Gasteiger partial charge is 0.439 e. The number of nitrogens with zero attached hydrogens (tertiary/aromatic N) is 2. The molecule has 0 radical (unpaired) electrons. The molecule has 0 unspecified atom stereocenters. The van der Waals surface area contributed by atoms with Crippen molar-refractivity contribution in [2.45, 2.75) is 26.2 Å². The first-order chi connectivity index (χ1) is 14.1. The molecule has 3 N–H and O–H groups in total. The topological polar surface area (TPSA) is 89.6 Å². The first-order valence-corrected chi connectivity index (χ1v) is 10.6. The van der Waals surface area contributed by atoms with E-state index < -0.39 is 6.09 Å². The van der Waals surface area contributed by atoms with Crippen LogP contribution < -0.4 is 11.1 Å². The van der Waals surface area contributed by atoms with E-state index in [1.54, 1.807) is 23.6 Å². The average Bonchev–Trinajstić information content (AvgIpc) is 3.15. The van der Waals surface area contributed by atoms with Crippen molar-refractivity contribution < 1.29 is 9.63 Å². The Hall–Kier alpha value is -2.61. The van der Waals surface area contributed by atoms with Gasteiger partial charge in [0.05, 0.1) is 10.0 Å². The van der Waals surface area contributed by atoms with Gasteiger partial charge in [0, 0.05) is 16.5 Å². The van der Waals surface area contributed by atoms with Crippen molar-refractivity contribution in [2.75, 3.05) is 5.32 Å². The number of aromatic nitrogens is 1. The van der Waals surface area contributed by atoms with Crippen LogP contribution in [-0.2, 0) is 10.3 Å². The Labute approximate surface area is 188 Å². The Kier molecular flexibility index (Phi) is 6.65. The summed E-state index contributed by atoms with van der Waals surface area (Å²) in [5, 5.41) is 9.29. The Morgan fingerprint density at radius 1 is 1.17 bits per heavy atom. The molecule has 1 heterocycles. The quantitative estimate of drug-likeness (QED) is 0.206. The third-order valence-corrected chi connectivity index (χ3v) is 5.88. The first kappa shape index (κ1) is 22.1. The van der Waals surface area contributed by atoms with Crippen molar-refractivity contribution in [3.63, 3.8) is 0 Å². The summed E-state index contributed by atoms with van der Waals surface area (Å²) in [6, 6.07) is 12.9. The van der Waals surface area contributed by atoms with Crippen molar-refractivity contribution in [2.24, 2.45) is 10.9 Å². The van der Waals surface area contributed by atoms with Crippen molar-refractivity contribution in [1.29, 1.82) is 0 Å². The number of carbonyl (C=O) groups is 1. The number of amidine groups is 1. The van der Waals surface area contributed by atoms with Gasteiger partial charge >= 0.3 is 6.09 Å². The van der Waals surface area contributed by atoms with Crippen LogP contribution >= 0.6 is 34.5 Å². The lowest BCUT2D eigenvalue weighted by molar-refractivity contribution is 0.166. The van der Waals surface area contributed by atoms with E-state index in [0.717, 1.165) is 5.56 Å². The number of anilines is 1. The lowest BCUT2D eigenvalue weighted by Crippen LogP contribution is -2.18. The number of nitrogens with two attached hydrogens (primary N) is 1. The molecule has 2 aromatic carbocycles. The second kappa shape index (κ2) is 9.04. The zero-order chi connectivity index (χ0) is 21.9. The molecule has 1 aromatic heterocycles. The van der Waals surface area contributed by atoms with E-state index in [-0.39, 0.29) is 11.3 Å². The fraction of sp³-hybridized carbons (Fsp3) is 0.190. The third kappa shape index (κ3) is 5.30. The summed E-state index contributed by atoms with van der Waals surface area (Å²) in [7, 11) is 0. The second-order valence-corrected chi connectivity index (χ2v) is 9.09. The molecule has 0 saturated carbocycles. The normalized spacial score (nSPS) is 12.0. The molecule has 9 heteroatoms. The number of hydrogen-bond donors (Lipinski definition) is 2. The van der Waals surface area contributed by atoms with E-state index in [4.69, 9.17) is 33.8 Å². The molecule has 6 nitrogen and oxygen atoms in total. The van der Waals surface area contributed by atoms with Gasteiger partial charge in [0.1, 0.15) is 10.8 Å². The summed E-state index contributed by atoms with van der Waals surface area (Å²) in [6.07, 6.45) is -0.807. The number of amides is 1. The molecule has 0 saturated heterocycles. The van der Waals surface area contributed by atoms with Gasteiger partial charge < -0.3 is 5.73 Å². The van der Waals surface area contributed by atoms with Crippen LogP contribution in [0.2, 0.25) is 10.0 Å². The van der Waals surface area contributed by atoms with Gasteiger partial charge in [-0.05, 0) is 17.0 Å². The zero-order valence-corrected chi connectivity index (χ0v) is 18.9. The number of halogens is 2. The van der Waals surface area contributed by atoms with Crippen molar-refractivity contribution in [1.82, 2.24) is 4.98 Å². The first-order valence-electron chi connectivity index (χ1n) is 8.97. The molecule has 0 fully saturated rings. The van der Waals surface area contributed by atoms with Gasteiger partial charge in [0.2, 0.25) is 0 Å². The van der Waals surface area contributed by atoms with E-state index in [2.05, 4.69) is 36.2 Å². The third-order valence-electron chi connectivity index (χ3n) is 4.19. The Bertz CT molecular complexity index is 1090. The summed E-state index contributed by atoms with van der Waals surface area (Å²) in [5.41, 5.74) is 8.44. The van der Waals surface area contributed by atoms with Gasteiger partial charge in [0.25, 0.3) is 0 Å². The van der Waals surface area contributed by atoms with Crippen LogP contribution in [0.4, 0.5) is 10.6 Å². The summed E-state index contributed by atoms with van der Waals surface area (Å²) in [6.45, 7) is 6.37. The fourth-order valence-electron chi connectivity index (χ4n) is 2.54. The average molecular weight is 463 g/mol. The number of rotatable bonds is 4. The van der Waals surface area contributed by atoms with E-state index in [9.17, 15) is 4.79 Å². The van der Waals surface area contributed by atoms with Crippen LogP contribution in [0.15, 0.2) is 53.0 Å². The smallest absolute Gasteiger partial charge is 0.380 e. The molecule has 1 amide bonds. The van der Waals surface area contributed by atoms with Crippen LogP contribution in [-0.4, -0.2) is 16.9 Å². The molecule has 0 spiro atoms. The van der Waals surface area contributed by atoms with Gasteiger partial charge in [-0.3, -0.25) is 10.2 Å². The molecule has 30 heavy (non-hydrogen) atoms. The lowest BCUT2D eigenvalue weighted by Gasteiger charge is -2.18. The highest BCUT2D eigenvalue weighted by atomic mass is 35.5. The highest BCUT2D eigenvalue weighted by Gasteiger charge is 2.15. The monoisotopic (exact) mass is 462 g/mol. The van der Waals surface area contributed by atoms with Crippen LogP contribution in [0.25, 0.3) is 10.6 Å². The molecular weight excluding hydrogens is 443 g/mol. The fourth-order valence-corrected chi connectivity index (χ4v) is 3.76. The predicted octanol–water partition coefficient (Wildman–Crippen LogP) is 6.28. The van der Waals surface area contributed by atoms with Crippen molar-refractivity contribution >= 4 is 52.3 Å². The minimum atomic E-state index is -0.807. The highest BCUT2D eigenvalue weighted by molar-refractivity contribution is 7.13. The summed E-state index contributed by atoms with van der Waals surface area (Å²) in [4.78, 5) is 21.2. The maximum absolute atomic E-state index is 12.0. The molecule has 0 bridgehead atoms. The van der Waals surface area contributed by atoms with Gasteiger partial charge in [-0.25, -0.2) is 9.78 Å². The Morgan fingerprint density at radius 2 is 1.87 bits per heavy atom. The van der Waals surface area contributed by atoms with E-state index in [1.807, 2.05) is 24.3 Å². The maximum atomic E-state index is 12.0. The number of nitrogens with one attached hydrogen (secondary N) is 1. The Morgan fingerprint density at radius 3 is 2.53 bits per heavy atom. The summed E-state index contributed by atoms with van der Waals surface area (Å²) in [5.74, 6) is 0.398. The van der Waals surface area contributed by atoms with Crippen molar-refractivity contribution in [3.05, 3.63) is 69.0 Å². The number of carbonyl (C=O) groups excluding carboxylic acids is 1. The van der Waals surface area contributed by atoms with Crippen LogP contribution in [0.3, 0.4) is 0 Å². The van der Waals surface area contributed by atoms with Crippen LogP contribution in [0.1, 0.15) is 31.9 Å². The minimum Gasteiger partial charge on any atom is -0.380 e. The molecule has 0 aliphatic heterocycles. The molecule has 156 valence electrons. The highest BCUT2D eigenvalue weighted by Crippen LogP contribution is 2.35. The molecule has 0 aliphatic rings. The maximum Gasteiger partial charge on any atom is 0.439 e. The lowest BCUT2D eigenvalue weighted by atomic mass is 9.87. The second-order valence-electron chi connectivity index (χ2n) is 7.45. The Balaban J connectivity index is 1.63. The predicted molar refractivity (Wildman–Crippen MR) is 124 cm³/mol. The molecule has 3 rings (SSSR count). The van der Waals surface area contributed by atoms with Gasteiger partial charge in [-0.1, -0.05) is 85.5 Å². The minimum absolute atomic E-state index is 0.0303. The van der Waals surface area contributed by atoms with Gasteiger partial charge in [0.15, 0.2) is 5.84 Å².